The molecule has 21 heavy (non-hydrogen) atoms. The maximum atomic E-state index is 6.09. The number of hydrogen-bond donors (Lipinski definition) is 1. The van der Waals surface area contributed by atoms with E-state index in [1.165, 1.54) is 37.2 Å². The van der Waals surface area contributed by atoms with Crippen LogP contribution in [-0.4, -0.2) is 18.1 Å². The number of aryl methyl sites for hydroxylation is 1. The van der Waals surface area contributed by atoms with Gasteiger partial charge in [0.25, 0.3) is 0 Å². The molecule has 1 aliphatic heterocycles. The number of nitrogens with one attached hydrogen (secondary N) is 1. The van der Waals surface area contributed by atoms with Crippen LogP contribution >= 0.6 is 11.6 Å². The fourth-order valence-electron chi connectivity index (χ4n) is 2.67. The van der Waals surface area contributed by atoms with Crippen LogP contribution in [0, 0.1) is 6.92 Å². The standard InChI is InChI=1S/C17H20ClN3/c1-13-10-16(17(18)20-11-13)19-12-14-4-6-15(7-5-14)21-8-2-3-9-21/h4-7,10-11,19H,2-3,8-9,12H2,1H3. The topological polar surface area (TPSA) is 28.2 Å². The Bertz CT molecular complexity index is 604. The average Bonchev–Trinajstić information content (AvgIpc) is 3.03. The number of pyridine rings is 1. The first-order valence-corrected chi connectivity index (χ1v) is 7.80. The summed E-state index contributed by atoms with van der Waals surface area (Å²) in [6.07, 6.45) is 4.39. The van der Waals surface area contributed by atoms with Crippen molar-refractivity contribution in [1.82, 2.24) is 4.98 Å². The lowest BCUT2D eigenvalue weighted by Gasteiger charge is -2.18. The van der Waals surface area contributed by atoms with E-state index >= 15 is 0 Å². The molecule has 0 bridgehead atoms. The predicted molar refractivity (Wildman–Crippen MR) is 89.2 cm³/mol. The van der Waals surface area contributed by atoms with Gasteiger partial charge in [0.15, 0.2) is 5.15 Å². The molecular weight excluding hydrogens is 282 g/mol. The first-order chi connectivity index (χ1) is 10.2. The minimum atomic E-state index is 0.522. The van der Waals surface area contributed by atoms with E-state index in [-0.39, 0.29) is 0 Å². The van der Waals surface area contributed by atoms with E-state index in [1.54, 1.807) is 6.20 Å². The second-order valence-corrected chi connectivity index (χ2v) is 5.92. The largest absolute Gasteiger partial charge is 0.378 e. The molecule has 1 N–H and O–H groups in total. The summed E-state index contributed by atoms with van der Waals surface area (Å²) in [7, 11) is 0. The van der Waals surface area contributed by atoms with Gasteiger partial charge in [-0.15, -0.1) is 0 Å². The van der Waals surface area contributed by atoms with Gasteiger partial charge in [-0.25, -0.2) is 4.98 Å². The first kappa shape index (κ1) is 14.2. The molecule has 0 atom stereocenters. The van der Waals surface area contributed by atoms with Crippen molar-refractivity contribution in [2.45, 2.75) is 26.3 Å². The van der Waals surface area contributed by atoms with E-state index in [1.807, 2.05) is 13.0 Å². The molecule has 3 rings (SSSR count). The van der Waals surface area contributed by atoms with Gasteiger partial charge < -0.3 is 10.2 Å². The molecule has 1 aromatic heterocycles. The molecule has 0 saturated carbocycles. The van der Waals surface area contributed by atoms with Gasteiger partial charge >= 0.3 is 0 Å². The lowest BCUT2D eigenvalue weighted by atomic mass is 10.2. The van der Waals surface area contributed by atoms with Gasteiger partial charge in [0.2, 0.25) is 0 Å². The summed E-state index contributed by atoms with van der Waals surface area (Å²) in [4.78, 5) is 6.60. The van der Waals surface area contributed by atoms with Crippen LogP contribution in [0.3, 0.4) is 0 Å². The normalized spacial score (nSPS) is 14.5. The van der Waals surface area contributed by atoms with Gasteiger partial charge in [-0.3, -0.25) is 0 Å². The van der Waals surface area contributed by atoms with Gasteiger partial charge in [-0.1, -0.05) is 23.7 Å². The highest BCUT2D eigenvalue weighted by atomic mass is 35.5. The summed E-state index contributed by atoms with van der Waals surface area (Å²) in [6.45, 7) is 5.13. The van der Waals surface area contributed by atoms with Crippen LogP contribution in [0.1, 0.15) is 24.0 Å². The van der Waals surface area contributed by atoms with E-state index in [2.05, 4.69) is 39.5 Å². The summed E-state index contributed by atoms with van der Waals surface area (Å²) < 4.78 is 0. The average molecular weight is 302 g/mol. The molecule has 110 valence electrons. The quantitative estimate of drug-likeness (QED) is 0.856. The second kappa shape index (κ2) is 6.35. The van der Waals surface area contributed by atoms with Crippen molar-refractivity contribution in [3.05, 3.63) is 52.8 Å². The molecule has 3 nitrogen and oxygen atoms in total. The lowest BCUT2D eigenvalue weighted by Crippen LogP contribution is -2.17. The summed E-state index contributed by atoms with van der Waals surface area (Å²) in [6, 6.07) is 10.8. The number of nitrogens with zero attached hydrogens (tertiary/aromatic N) is 2. The Morgan fingerprint density at radius 2 is 1.90 bits per heavy atom. The number of aromatic nitrogens is 1. The van der Waals surface area contributed by atoms with E-state index in [0.717, 1.165) is 17.8 Å². The number of anilines is 2. The van der Waals surface area contributed by atoms with Crippen LogP contribution in [0.5, 0.6) is 0 Å². The molecule has 1 saturated heterocycles. The third kappa shape index (κ3) is 3.48. The SMILES string of the molecule is Cc1cnc(Cl)c(NCc2ccc(N3CCCC3)cc2)c1. The van der Waals surface area contributed by atoms with Crippen LogP contribution in [-0.2, 0) is 6.54 Å². The number of rotatable bonds is 4. The molecule has 0 unspecified atom stereocenters. The lowest BCUT2D eigenvalue weighted by molar-refractivity contribution is 0.949. The molecule has 0 spiro atoms. The smallest absolute Gasteiger partial charge is 0.152 e. The van der Waals surface area contributed by atoms with E-state index in [0.29, 0.717) is 5.15 Å². The Morgan fingerprint density at radius 3 is 2.62 bits per heavy atom. The summed E-state index contributed by atoms with van der Waals surface area (Å²) in [5.74, 6) is 0. The molecule has 4 heteroatoms. The number of benzene rings is 1. The van der Waals surface area contributed by atoms with Crippen LogP contribution in [0.2, 0.25) is 5.15 Å². The molecule has 1 fully saturated rings. The van der Waals surface area contributed by atoms with Gasteiger partial charge in [0, 0.05) is 31.5 Å². The number of hydrogen-bond acceptors (Lipinski definition) is 3. The highest BCUT2D eigenvalue weighted by molar-refractivity contribution is 6.31. The van der Waals surface area contributed by atoms with E-state index < -0.39 is 0 Å². The summed E-state index contributed by atoms with van der Waals surface area (Å²) in [5.41, 5.74) is 4.56. The molecule has 1 aliphatic rings. The van der Waals surface area contributed by atoms with Crippen molar-refractivity contribution in [2.75, 3.05) is 23.3 Å². The maximum Gasteiger partial charge on any atom is 0.152 e. The molecule has 1 aromatic carbocycles. The third-order valence-electron chi connectivity index (χ3n) is 3.87. The Balaban J connectivity index is 1.64. The Kier molecular flexibility index (Phi) is 4.30. The van der Waals surface area contributed by atoms with Crippen molar-refractivity contribution in [1.29, 1.82) is 0 Å². The van der Waals surface area contributed by atoms with Gasteiger partial charge in [-0.2, -0.15) is 0 Å². The second-order valence-electron chi connectivity index (χ2n) is 5.57. The highest BCUT2D eigenvalue weighted by Crippen LogP contribution is 2.23. The number of halogens is 1. The van der Waals surface area contributed by atoms with Crippen LogP contribution < -0.4 is 10.2 Å². The predicted octanol–water partition coefficient (Wildman–Crippen LogP) is 4.26. The van der Waals surface area contributed by atoms with Gasteiger partial charge in [-0.05, 0) is 49.1 Å². The molecule has 2 aromatic rings. The van der Waals surface area contributed by atoms with Crippen LogP contribution in [0.15, 0.2) is 36.5 Å². The molecule has 0 amide bonds. The zero-order valence-corrected chi connectivity index (χ0v) is 13.0. The van der Waals surface area contributed by atoms with Crippen molar-refractivity contribution >= 4 is 23.0 Å². The highest BCUT2D eigenvalue weighted by Gasteiger charge is 2.11. The first-order valence-electron chi connectivity index (χ1n) is 7.42. The third-order valence-corrected chi connectivity index (χ3v) is 4.17. The van der Waals surface area contributed by atoms with Crippen molar-refractivity contribution in [2.24, 2.45) is 0 Å². The van der Waals surface area contributed by atoms with E-state index in [9.17, 15) is 0 Å². The minimum absolute atomic E-state index is 0.522. The minimum Gasteiger partial charge on any atom is -0.378 e. The Morgan fingerprint density at radius 1 is 1.19 bits per heavy atom. The van der Waals surface area contributed by atoms with Crippen LogP contribution in [0.25, 0.3) is 0 Å². The fourth-order valence-corrected chi connectivity index (χ4v) is 2.84. The Hall–Kier alpha value is -1.74. The molecule has 2 heterocycles. The van der Waals surface area contributed by atoms with Crippen molar-refractivity contribution in [3.8, 4) is 0 Å². The zero-order valence-electron chi connectivity index (χ0n) is 12.3. The summed E-state index contributed by atoms with van der Waals surface area (Å²) >= 11 is 6.09. The molecule has 0 radical (unpaired) electrons. The van der Waals surface area contributed by atoms with E-state index in [4.69, 9.17) is 11.6 Å². The van der Waals surface area contributed by atoms with Crippen LogP contribution in [0.4, 0.5) is 11.4 Å². The van der Waals surface area contributed by atoms with Crippen molar-refractivity contribution < 1.29 is 0 Å². The van der Waals surface area contributed by atoms with Gasteiger partial charge in [0.1, 0.15) is 0 Å². The van der Waals surface area contributed by atoms with Crippen molar-refractivity contribution in [3.63, 3.8) is 0 Å². The summed E-state index contributed by atoms with van der Waals surface area (Å²) in [5, 5.41) is 3.87. The monoisotopic (exact) mass is 301 g/mol. The maximum absolute atomic E-state index is 6.09. The van der Waals surface area contributed by atoms with Gasteiger partial charge in [0.05, 0.1) is 5.69 Å². The zero-order chi connectivity index (χ0) is 14.7. The fraction of sp³-hybridized carbons (Fsp3) is 0.353. The molecule has 0 aliphatic carbocycles. The Labute approximate surface area is 131 Å². The molecular formula is C17H20ClN3.